The highest BCUT2D eigenvalue weighted by Gasteiger charge is 2.33. The van der Waals surface area contributed by atoms with Crippen LogP contribution in [0, 0.1) is 17.3 Å². The Kier molecular flexibility index (Phi) is 5.29. The van der Waals surface area contributed by atoms with Gasteiger partial charge < -0.3 is 5.32 Å². The van der Waals surface area contributed by atoms with Crippen LogP contribution < -0.4 is 5.32 Å². The van der Waals surface area contributed by atoms with E-state index in [2.05, 4.69) is 42.0 Å². The van der Waals surface area contributed by atoms with Gasteiger partial charge >= 0.3 is 0 Å². The van der Waals surface area contributed by atoms with E-state index < -0.39 is 0 Å². The third-order valence-corrected chi connectivity index (χ3v) is 5.35. The van der Waals surface area contributed by atoms with Crippen LogP contribution in [0.1, 0.15) is 46.5 Å². The van der Waals surface area contributed by atoms with E-state index in [9.17, 15) is 4.79 Å². The second-order valence-corrected chi connectivity index (χ2v) is 5.75. The average Bonchev–Trinajstić information content (AvgIpc) is 3.14. The van der Waals surface area contributed by atoms with Gasteiger partial charge in [0.25, 0.3) is 0 Å². The Labute approximate surface area is 108 Å². The third kappa shape index (κ3) is 3.47. The van der Waals surface area contributed by atoms with Crippen LogP contribution in [-0.2, 0) is 4.79 Å². The molecule has 0 aromatic carbocycles. The Hall–Kier alpha value is -0.0500. The summed E-state index contributed by atoms with van der Waals surface area (Å²) < 4.78 is 0. The van der Waals surface area contributed by atoms with Crippen molar-refractivity contribution in [3.05, 3.63) is 0 Å². The van der Waals surface area contributed by atoms with Gasteiger partial charge in [-0.15, -0.1) is 0 Å². The minimum absolute atomic E-state index is 0.210. The molecule has 0 aliphatic heterocycles. The molecule has 94 valence electrons. The molecule has 0 bridgehead atoms. The van der Waals surface area contributed by atoms with E-state index in [1.807, 2.05) is 0 Å². The summed E-state index contributed by atoms with van der Waals surface area (Å²) in [6.07, 6.45) is 4.68. The van der Waals surface area contributed by atoms with Crippen molar-refractivity contribution in [2.45, 2.75) is 46.5 Å². The second-order valence-electron chi connectivity index (χ2n) is 5.18. The van der Waals surface area contributed by atoms with E-state index in [0.717, 1.165) is 24.7 Å². The Morgan fingerprint density at radius 3 is 2.38 bits per heavy atom. The molecule has 0 spiro atoms. The molecule has 1 rings (SSSR count). The molecule has 2 nitrogen and oxygen atoms in total. The fraction of sp³-hybridized carbons (Fsp3) is 0.923. The van der Waals surface area contributed by atoms with E-state index in [0.29, 0.717) is 5.92 Å². The quantitative estimate of drug-likeness (QED) is 0.716. The third-order valence-electron chi connectivity index (χ3n) is 4.16. The Morgan fingerprint density at radius 2 is 2.00 bits per heavy atom. The summed E-state index contributed by atoms with van der Waals surface area (Å²) in [6.45, 7) is 7.25. The highest BCUT2D eigenvalue weighted by atomic mass is 79.9. The standard InChI is InChI=1S/C13H24BrNO/c1-4-13(5-2,8-14)9-15-12(16)10(3)11-6-7-11/h10-11H,4-9H2,1-3H3,(H,15,16). The smallest absolute Gasteiger partial charge is 0.223 e. The zero-order chi connectivity index (χ0) is 12.2. The molecule has 1 unspecified atom stereocenters. The first kappa shape index (κ1) is 14.0. The van der Waals surface area contributed by atoms with Gasteiger partial charge in [0.1, 0.15) is 0 Å². The normalized spacial score (nSPS) is 18.2. The summed E-state index contributed by atoms with van der Waals surface area (Å²) >= 11 is 3.57. The summed E-state index contributed by atoms with van der Waals surface area (Å²) in [4.78, 5) is 11.9. The van der Waals surface area contributed by atoms with Crippen LogP contribution in [0.4, 0.5) is 0 Å². The van der Waals surface area contributed by atoms with Crippen LogP contribution in [0.3, 0.4) is 0 Å². The van der Waals surface area contributed by atoms with E-state index >= 15 is 0 Å². The summed E-state index contributed by atoms with van der Waals surface area (Å²) in [5.74, 6) is 1.11. The van der Waals surface area contributed by atoms with Crippen molar-refractivity contribution in [1.82, 2.24) is 5.32 Å². The molecule has 0 radical (unpaired) electrons. The highest BCUT2D eigenvalue weighted by Crippen LogP contribution is 2.36. The number of carbonyl (C=O) groups excluding carboxylic acids is 1. The van der Waals surface area contributed by atoms with Crippen molar-refractivity contribution in [1.29, 1.82) is 0 Å². The van der Waals surface area contributed by atoms with E-state index in [1.54, 1.807) is 0 Å². The fourth-order valence-electron chi connectivity index (χ4n) is 1.98. The van der Waals surface area contributed by atoms with Gasteiger partial charge in [-0.25, -0.2) is 0 Å². The van der Waals surface area contributed by atoms with Crippen molar-refractivity contribution >= 4 is 21.8 Å². The number of carbonyl (C=O) groups is 1. The topological polar surface area (TPSA) is 29.1 Å². The Morgan fingerprint density at radius 1 is 1.44 bits per heavy atom. The number of halogens is 1. The lowest BCUT2D eigenvalue weighted by molar-refractivity contribution is -0.125. The number of amides is 1. The maximum absolute atomic E-state index is 11.9. The molecule has 16 heavy (non-hydrogen) atoms. The number of nitrogens with one attached hydrogen (secondary N) is 1. The molecule has 1 atom stereocenters. The molecule has 0 saturated heterocycles. The van der Waals surface area contributed by atoms with Crippen LogP contribution in [0.15, 0.2) is 0 Å². The van der Waals surface area contributed by atoms with Crippen LogP contribution in [-0.4, -0.2) is 17.8 Å². The summed E-state index contributed by atoms with van der Waals surface area (Å²) in [6, 6.07) is 0. The molecule has 1 aliphatic carbocycles. The Balaban J connectivity index is 2.38. The molecule has 1 N–H and O–H groups in total. The van der Waals surface area contributed by atoms with E-state index in [-0.39, 0.29) is 17.2 Å². The number of hydrogen-bond acceptors (Lipinski definition) is 1. The predicted octanol–water partition coefficient (Wildman–Crippen LogP) is 3.35. The van der Waals surface area contributed by atoms with Crippen molar-refractivity contribution in [2.75, 3.05) is 11.9 Å². The van der Waals surface area contributed by atoms with Crippen LogP contribution in [0.5, 0.6) is 0 Å². The maximum Gasteiger partial charge on any atom is 0.223 e. The van der Waals surface area contributed by atoms with Crippen LogP contribution in [0.2, 0.25) is 0 Å². The van der Waals surface area contributed by atoms with Crippen LogP contribution in [0.25, 0.3) is 0 Å². The van der Waals surface area contributed by atoms with Gasteiger partial charge in [-0.1, -0.05) is 36.7 Å². The number of rotatable bonds is 7. The largest absolute Gasteiger partial charge is 0.355 e. The molecular formula is C13H24BrNO. The van der Waals surface area contributed by atoms with Gasteiger partial charge in [-0.05, 0) is 37.0 Å². The van der Waals surface area contributed by atoms with Gasteiger partial charge in [0.15, 0.2) is 0 Å². The molecule has 1 aliphatic rings. The zero-order valence-electron chi connectivity index (χ0n) is 10.7. The van der Waals surface area contributed by atoms with Crippen molar-refractivity contribution in [3.8, 4) is 0 Å². The molecular weight excluding hydrogens is 266 g/mol. The monoisotopic (exact) mass is 289 g/mol. The van der Waals surface area contributed by atoms with Crippen molar-refractivity contribution in [3.63, 3.8) is 0 Å². The first-order valence-electron chi connectivity index (χ1n) is 6.42. The molecule has 0 heterocycles. The van der Waals surface area contributed by atoms with Gasteiger partial charge in [-0.2, -0.15) is 0 Å². The molecule has 1 saturated carbocycles. The van der Waals surface area contributed by atoms with Crippen molar-refractivity contribution < 1.29 is 4.79 Å². The van der Waals surface area contributed by atoms with Crippen molar-refractivity contribution in [2.24, 2.45) is 17.3 Å². The molecule has 1 amide bonds. The van der Waals surface area contributed by atoms with Crippen LogP contribution >= 0.6 is 15.9 Å². The SMILES string of the molecule is CCC(CC)(CBr)CNC(=O)C(C)C1CC1. The minimum Gasteiger partial charge on any atom is -0.355 e. The highest BCUT2D eigenvalue weighted by molar-refractivity contribution is 9.09. The van der Waals surface area contributed by atoms with Gasteiger partial charge in [0.2, 0.25) is 5.91 Å². The van der Waals surface area contributed by atoms with Gasteiger partial charge in [-0.3, -0.25) is 4.79 Å². The lowest BCUT2D eigenvalue weighted by atomic mass is 9.84. The fourth-order valence-corrected chi connectivity index (χ4v) is 2.97. The van der Waals surface area contributed by atoms with Gasteiger partial charge in [0, 0.05) is 17.8 Å². The molecule has 1 fully saturated rings. The summed E-state index contributed by atoms with van der Waals surface area (Å²) in [5.41, 5.74) is 0.235. The predicted molar refractivity (Wildman–Crippen MR) is 71.7 cm³/mol. The summed E-state index contributed by atoms with van der Waals surface area (Å²) in [7, 11) is 0. The Bertz CT molecular complexity index is 226. The molecule has 3 heteroatoms. The number of hydrogen-bond donors (Lipinski definition) is 1. The average molecular weight is 290 g/mol. The first-order valence-corrected chi connectivity index (χ1v) is 7.54. The van der Waals surface area contributed by atoms with E-state index in [4.69, 9.17) is 0 Å². The first-order chi connectivity index (χ1) is 7.58. The number of alkyl halides is 1. The molecule has 0 aromatic heterocycles. The summed E-state index contributed by atoms with van der Waals surface area (Å²) in [5, 5.41) is 4.09. The lowest BCUT2D eigenvalue weighted by Crippen LogP contribution is -2.40. The minimum atomic E-state index is 0.210. The van der Waals surface area contributed by atoms with Gasteiger partial charge in [0.05, 0.1) is 0 Å². The van der Waals surface area contributed by atoms with E-state index in [1.165, 1.54) is 12.8 Å². The zero-order valence-corrected chi connectivity index (χ0v) is 12.3. The lowest BCUT2D eigenvalue weighted by Gasteiger charge is -2.30. The molecule has 0 aromatic rings. The second kappa shape index (κ2) is 6.04. The maximum atomic E-state index is 11.9.